The molecule has 0 bridgehead atoms. The number of benzene rings is 1. The molecule has 1 aromatic carbocycles. The molecule has 2 rings (SSSR count). The first-order chi connectivity index (χ1) is 6.68. The van der Waals surface area contributed by atoms with Crippen LogP contribution in [-0.4, -0.2) is 23.8 Å². The summed E-state index contributed by atoms with van der Waals surface area (Å²) in [5.41, 5.74) is 2.68. The summed E-state index contributed by atoms with van der Waals surface area (Å²) in [4.78, 5) is 13.5. The Labute approximate surface area is 99.3 Å². The van der Waals surface area contributed by atoms with Crippen LogP contribution >= 0.6 is 0 Å². The van der Waals surface area contributed by atoms with Gasteiger partial charge in [0.05, 0.1) is 6.04 Å². The Balaban J connectivity index is 0.00000112. The predicted molar refractivity (Wildman–Crippen MR) is 69.5 cm³/mol. The van der Waals surface area contributed by atoms with Gasteiger partial charge in [-0.05, 0) is 31.5 Å². The standard InChI is InChI=1S/C12H15NO.2CH4/c1-9(14)12-7-10-5-3-4-6-11(10)8-13(12)2;;/h3-6,12H,7-8H2,1-2H3;2*1H4/t12-;;/m0../s1. The highest BCUT2D eigenvalue weighted by Crippen LogP contribution is 2.21. The van der Waals surface area contributed by atoms with Crippen molar-refractivity contribution in [2.75, 3.05) is 7.05 Å². The number of carbonyl (C=O) groups is 1. The van der Waals surface area contributed by atoms with E-state index in [-0.39, 0.29) is 26.7 Å². The molecule has 0 spiro atoms. The van der Waals surface area contributed by atoms with Crippen LogP contribution in [0.2, 0.25) is 0 Å². The largest absolute Gasteiger partial charge is 0.298 e. The van der Waals surface area contributed by atoms with Crippen LogP contribution in [0.25, 0.3) is 0 Å². The van der Waals surface area contributed by atoms with E-state index in [0.29, 0.717) is 0 Å². The van der Waals surface area contributed by atoms with Crippen molar-refractivity contribution in [1.82, 2.24) is 4.90 Å². The maximum absolute atomic E-state index is 11.4. The smallest absolute Gasteiger partial charge is 0.147 e. The van der Waals surface area contributed by atoms with Crippen molar-refractivity contribution < 1.29 is 4.79 Å². The summed E-state index contributed by atoms with van der Waals surface area (Å²) in [6.07, 6.45) is 0.863. The van der Waals surface area contributed by atoms with Crippen LogP contribution in [-0.2, 0) is 17.8 Å². The number of hydrogen-bond acceptors (Lipinski definition) is 2. The summed E-state index contributed by atoms with van der Waals surface area (Å²) in [7, 11) is 2.02. The fourth-order valence-electron chi connectivity index (χ4n) is 2.11. The summed E-state index contributed by atoms with van der Waals surface area (Å²) in [5.74, 6) is 0.266. The number of fused-ring (bicyclic) bond motifs is 1. The van der Waals surface area contributed by atoms with Crippen molar-refractivity contribution >= 4 is 5.78 Å². The number of rotatable bonds is 1. The zero-order valence-electron chi connectivity index (χ0n) is 8.66. The van der Waals surface area contributed by atoms with E-state index in [1.165, 1.54) is 11.1 Å². The quantitative estimate of drug-likeness (QED) is 0.726. The molecule has 1 aromatic rings. The van der Waals surface area contributed by atoms with Gasteiger partial charge in [-0.2, -0.15) is 0 Å². The molecule has 0 aromatic heterocycles. The number of Topliss-reactive ketones (excluding diaryl/α,β-unsaturated/α-hetero) is 1. The highest BCUT2D eigenvalue weighted by Gasteiger charge is 2.25. The van der Waals surface area contributed by atoms with Crippen molar-refractivity contribution in [3.63, 3.8) is 0 Å². The Kier molecular flexibility index (Phi) is 5.39. The molecule has 90 valence electrons. The Morgan fingerprint density at radius 1 is 1.25 bits per heavy atom. The normalized spacial score (nSPS) is 19.0. The summed E-state index contributed by atoms with van der Waals surface area (Å²) in [6.45, 7) is 2.56. The maximum atomic E-state index is 11.4. The van der Waals surface area contributed by atoms with Gasteiger partial charge < -0.3 is 0 Å². The van der Waals surface area contributed by atoms with Crippen molar-refractivity contribution in [3.8, 4) is 0 Å². The van der Waals surface area contributed by atoms with Gasteiger partial charge in [0.25, 0.3) is 0 Å². The number of likely N-dealkylation sites (N-methyl/N-ethyl adjacent to an activating group) is 1. The molecule has 16 heavy (non-hydrogen) atoms. The lowest BCUT2D eigenvalue weighted by Crippen LogP contribution is -2.42. The lowest BCUT2D eigenvalue weighted by molar-refractivity contribution is -0.122. The van der Waals surface area contributed by atoms with Gasteiger partial charge in [0.1, 0.15) is 5.78 Å². The molecule has 0 unspecified atom stereocenters. The highest BCUT2D eigenvalue weighted by atomic mass is 16.1. The van der Waals surface area contributed by atoms with E-state index in [1.54, 1.807) is 6.92 Å². The molecule has 1 aliphatic rings. The molecule has 0 aliphatic carbocycles. The monoisotopic (exact) mass is 221 g/mol. The van der Waals surface area contributed by atoms with Gasteiger partial charge in [-0.3, -0.25) is 9.69 Å². The molecule has 2 nitrogen and oxygen atoms in total. The van der Waals surface area contributed by atoms with Crippen LogP contribution in [0.1, 0.15) is 32.9 Å². The molecule has 1 heterocycles. The first-order valence-corrected chi connectivity index (χ1v) is 4.96. The molecular formula is C14H23NO. The third-order valence-corrected chi connectivity index (χ3v) is 2.95. The van der Waals surface area contributed by atoms with Gasteiger partial charge in [-0.15, -0.1) is 0 Å². The predicted octanol–water partition coefficient (Wildman–Crippen LogP) is 2.90. The number of carbonyl (C=O) groups excluding carboxylic acids is 1. The molecule has 0 fully saturated rings. The topological polar surface area (TPSA) is 20.3 Å². The molecule has 0 N–H and O–H groups in total. The van der Waals surface area contributed by atoms with E-state index < -0.39 is 0 Å². The van der Waals surface area contributed by atoms with Crippen LogP contribution in [0, 0.1) is 0 Å². The third kappa shape index (κ3) is 2.70. The van der Waals surface area contributed by atoms with Gasteiger partial charge in [0.15, 0.2) is 0 Å². The second-order valence-electron chi connectivity index (χ2n) is 4.01. The van der Waals surface area contributed by atoms with E-state index in [0.717, 1.165) is 13.0 Å². The summed E-state index contributed by atoms with van der Waals surface area (Å²) in [6, 6.07) is 8.44. The van der Waals surface area contributed by atoms with Crippen molar-refractivity contribution in [3.05, 3.63) is 35.4 Å². The average Bonchev–Trinajstić information content (AvgIpc) is 2.16. The summed E-state index contributed by atoms with van der Waals surface area (Å²) >= 11 is 0. The van der Waals surface area contributed by atoms with Crippen molar-refractivity contribution in [1.29, 1.82) is 0 Å². The van der Waals surface area contributed by atoms with Crippen LogP contribution in [0.15, 0.2) is 24.3 Å². The van der Waals surface area contributed by atoms with Crippen LogP contribution in [0.4, 0.5) is 0 Å². The summed E-state index contributed by atoms with van der Waals surface area (Å²) in [5, 5.41) is 0. The lowest BCUT2D eigenvalue weighted by Gasteiger charge is -2.32. The Morgan fingerprint density at radius 2 is 1.81 bits per heavy atom. The number of nitrogens with zero attached hydrogens (tertiary/aromatic N) is 1. The minimum absolute atomic E-state index is 0. The molecule has 2 heteroatoms. The van der Waals surface area contributed by atoms with Gasteiger partial charge in [0.2, 0.25) is 0 Å². The van der Waals surface area contributed by atoms with Crippen molar-refractivity contribution in [2.45, 2.75) is 40.8 Å². The number of ketones is 1. The third-order valence-electron chi connectivity index (χ3n) is 2.95. The Bertz CT molecular complexity index is 360. The average molecular weight is 221 g/mol. The van der Waals surface area contributed by atoms with E-state index in [2.05, 4.69) is 23.1 Å². The fraction of sp³-hybridized carbons (Fsp3) is 0.500. The van der Waals surface area contributed by atoms with Gasteiger partial charge in [-0.25, -0.2) is 0 Å². The van der Waals surface area contributed by atoms with Crippen LogP contribution in [0.5, 0.6) is 0 Å². The molecule has 0 radical (unpaired) electrons. The first-order valence-electron chi connectivity index (χ1n) is 4.96. The van der Waals surface area contributed by atoms with Crippen molar-refractivity contribution in [2.24, 2.45) is 0 Å². The molecule has 0 amide bonds. The maximum Gasteiger partial charge on any atom is 0.147 e. The second kappa shape index (κ2) is 5.80. The lowest BCUT2D eigenvalue weighted by atomic mass is 9.93. The van der Waals surface area contributed by atoms with Gasteiger partial charge in [0, 0.05) is 6.54 Å². The summed E-state index contributed by atoms with van der Waals surface area (Å²) < 4.78 is 0. The Morgan fingerprint density at radius 3 is 2.38 bits per heavy atom. The van der Waals surface area contributed by atoms with Gasteiger partial charge in [-0.1, -0.05) is 39.1 Å². The zero-order valence-corrected chi connectivity index (χ0v) is 8.66. The van der Waals surface area contributed by atoms with Crippen LogP contribution < -0.4 is 0 Å². The molecule has 0 saturated carbocycles. The molecule has 1 atom stereocenters. The van der Waals surface area contributed by atoms with E-state index in [4.69, 9.17) is 0 Å². The molecular weight excluding hydrogens is 198 g/mol. The van der Waals surface area contributed by atoms with E-state index in [1.807, 2.05) is 13.1 Å². The minimum atomic E-state index is 0. The number of hydrogen-bond donors (Lipinski definition) is 0. The zero-order chi connectivity index (χ0) is 10.1. The van der Waals surface area contributed by atoms with Gasteiger partial charge >= 0.3 is 0 Å². The van der Waals surface area contributed by atoms with Crippen LogP contribution in [0.3, 0.4) is 0 Å². The Hall–Kier alpha value is -1.15. The SMILES string of the molecule is C.C.CC(=O)[C@@H]1Cc2ccccc2CN1C. The highest BCUT2D eigenvalue weighted by molar-refractivity contribution is 5.82. The first kappa shape index (κ1) is 14.8. The molecule has 1 aliphatic heterocycles. The van der Waals surface area contributed by atoms with E-state index >= 15 is 0 Å². The molecule has 0 saturated heterocycles. The van der Waals surface area contributed by atoms with E-state index in [9.17, 15) is 4.79 Å². The second-order valence-corrected chi connectivity index (χ2v) is 4.01. The minimum Gasteiger partial charge on any atom is -0.298 e. The fourth-order valence-corrected chi connectivity index (χ4v) is 2.11.